The number of pyridine rings is 2. The molecule has 0 radical (unpaired) electrons. The van der Waals surface area contributed by atoms with Crippen molar-refractivity contribution in [2.75, 3.05) is 49.6 Å². The molecule has 8 nitrogen and oxygen atoms in total. The number of likely N-dealkylation sites (tertiary alicyclic amines) is 1. The van der Waals surface area contributed by atoms with Gasteiger partial charge in [0.1, 0.15) is 11.4 Å². The van der Waals surface area contributed by atoms with Crippen LogP contribution < -0.4 is 10.2 Å². The van der Waals surface area contributed by atoms with Crippen LogP contribution in [0.2, 0.25) is 0 Å². The summed E-state index contributed by atoms with van der Waals surface area (Å²) in [4.78, 5) is 25.3. The van der Waals surface area contributed by atoms with Crippen LogP contribution in [0, 0.1) is 24.7 Å². The Morgan fingerprint density at radius 3 is 2.55 bits per heavy atom. The predicted molar refractivity (Wildman–Crippen MR) is 155 cm³/mol. The maximum absolute atomic E-state index is 13.1. The number of rotatable bonds is 5. The quantitative estimate of drug-likeness (QED) is 0.445. The van der Waals surface area contributed by atoms with Crippen LogP contribution in [-0.2, 0) is 10.9 Å². The summed E-state index contributed by atoms with van der Waals surface area (Å²) in [5.74, 6) is 6.25. The normalized spacial score (nSPS) is 15.2. The van der Waals surface area contributed by atoms with E-state index in [1.54, 1.807) is 18.3 Å². The van der Waals surface area contributed by atoms with Crippen LogP contribution in [0.1, 0.15) is 34.2 Å². The van der Waals surface area contributed by atoms with Gasteiger partial charge >= 0.3 is 6.18 Å². The zero-order chi connectivity index (χ0) is 29.1. The molecule has 2 fully saturated rings. The molecule has 1 aromatic carbocycles. The first-order valence-electron chi connectivity index (χ1n) is 13.3. The number of nitrogens with zero attached hydrogens (tertiary/aromatic N) is 4. The number of allylic oxidation sites excluding steroid dienone is 1. The highest BCUT2D eigenvalue weighted by Gasteiger charge is 2.33. The number of carbonyl (C=O) groups excluding carboxylic acids is 1. The highest BCUT2D eigenvalue weighted by Crippen LogP contribution is 2.32. The van der Waals surface area contributed by atoms with Crippen molar-refractivity contribution >= 4 is 17.3 Å². The molecule has 42 heavy (non-hydrogen) atoms. The molecule has 3 N–H and O–H groups in total. The molecule has 220 valence electrons. The first-order valence-corrected chi connectivity index (χ1v) is 13.3. The van der Waals surface area contributed by atoms with Crippen molar-refractivity contribution in [3.63, 3.8) is 0 Å². The van der Waals surface area contributed by atoms with Crippen LogP contribution in [-0.4, -0.2) is 65.6 Å². The van der Waals surface area contributed by atoms with Crippen LogP contribution in [0.5, 0.6) is 0 Å². The Labute approximate surface area is 242 Å². The van der Waals surface area contributed by atoms with E-state index in [2.05, 4.69) is 44.6 Å². The molecule has 0 aliphatic carbocycles. The van der Waals surface area contributed by atoms with Gasteiger partial charge in [-0.05, 0) is 61.2 Å². The number of carbonyl (C=O) groups is 1. The summed E-state index contributed by atoms with van der Waals surface area (Å²) in [5.41, 5.74) is 4.48. The lowest BCUT2D eigenvalue weighted by atomic mass is 9.99. The second-order valence-electron chi connectivity index (χ2n) is 10.2. The van der Waals surface area contributed by atoms with Crippen LogP contribution in [0.25, 0.3) is 11.1 Å². The highest BCUT2D eigenvalue weighted by molar-refractivity contribution is 6.04. The monoisotopic (exact) mass is 579 g/mol. The molecule has 4 heterocycles. The molecule has 0 atom stereocenters. The Balaban J connectivity index is 0.00000405. The van der Waals surface area contributed by atoms with Gasteiger partial charge in [-0.15, -0.1) is 0 Å². The van der Waals surface area contributed by atoms with E-state index >= 15 is 0 Å². The molecule has 2 aliphatic rings. The number of hydrogen-bond acceptors (Lipinski definition) is 6. The fourth-order valence-corrected chi connectivity index (χ4v) is 4.73. The predicted octanol–water partition coefficient (Wildman–Crippen LogP) is 4.55. The Bertz CT molecular complexity index is 1530. The number of benzene rings is 1. The average Bonchev–Trinajstić information content (AvgIpc) is 2.93. The molecule has 0 bridgehead atoms. The molecule has 0 saturated carbocycles. The summed E-state index contributed by atoms with van der Waals surface area (Å²) >= 11 is 0. The van der Waals surface area contributed by atoms with E-state index in [9.17, 15) is 18.0 Å². The molecule has 2 aromatic heterocycles. The van der Waals surface area contributed by atoms with Crippen LogP contribution in [0.3, 0.4) is 0 Å². The number of amides is 1. The van der Waals surface area contributed by atoms with Crippen LogP contribution in [0.15, 0.2) is 61.1 Å². The summed E-state index contributed by atoms with van der Waals surface area (Å²) in [6, 6.07) is 9.40. The average molecular weight is 580 g/mol. The van der Waals surface area contributed by atoms with Gasteiger partial charge in [0.15, 0.2) is 0 Å². The first kappa shape index (κ1) is 30.6. The molecular formula is C31H32F3N5O3. The lowest BCUT2D eigenvalue weighted by Crippen LogP contribution is -2.44. The Morgan fingerprint density at radius 1 is 1.12 bits per heavy atom. The SMILES string of the molecule is C=C(C)N1CC(C#Cc2ncc(-c3cc(NC(=O)c4ccnc(C(F)(F)F)c4)ccc3C)cc2N2CCOCC2)C1.O. The van der Waals surface area contributed by atoms with Gasteiger partial charge in [-0.1, -0.05) is 18.6 Å². The second-order valence-corrected chi connectivity index (χ2v) is 10.2. The van der Waals surface area contributed by atoms with Gasteiger partial charge in [0, 0.05) is 61.1 Å². The second kappa shape index (κ2) is 12.6. The molecule has 5 rings (SSSR count). The zero-order valence-corrected chi connectivity index (χ0v) is 23.4. The Morgan fingerprint density at radius 2 is 1.86 bits per heavy atom. The van der Waals surface area contributed by atoms with E-state index < -0.39 is 17.8 Å². The fraction of sp³-hybridized carbons (Fsp3) is 0.323. The summed E-state index contributed by atoms with van der Waals surface area (Å²) in [6.07, 6.45) is -1.90. The first-order chi connectivity index (χ1) is 19.6. The Hall–Kier alpha value is -4.40. The van der Waals surface area contributed by atoms with E-state index in [0.717, 1.165) is 53.4 Å². The van der Waals surface area contributed by atoms with E-state index in [0.29, 0.717) is 37.7 Å². The third-order valence-corrected chi connectivity index (χ3v) is 7.15. The molecule has 11 heteroatoms. The lowest BCUT2D eigenvalue weighted by Gasteiger charge is -2.38. The number of halogens is 3. The minimum absolute atomic E-state index is 0. The van der Waals surface area contributed by atoms with Crippen LogP contribution >= 0.6 is 0 Å². The maximum atomic E-state index is 13.1. The van der Waals surface area contributed by atoms with Gasteiger partial charge in [-0.2, -0.15) is 13.2 Å². The van der Waals surface area contributed by atoms with Gasteiger partial charge in [0.05, 0.1) is 24.8 Å². The number of aromatic nitrogens is 2. The molecular weight excluding hydrogens is 547 g/mol. The van der Waals surface area contributed by atoms with E-state index in [1.165, 1.54) is 6.07 Å². The Kier molecular flexibility index (Phi) is 9.19. The van der Waals surface area contributed by atoms with Crippen molar-refractivity contribution in [1.29, 1.82) is 0 Å². The van der Waals surface area contributed by atoms with Gasteiger partial charge in [0.25, 0.3) is 5.91 Å². The molecule has 2 saturated heterocycles. The zero-order valence-electron chi connectivity index (χ0n) is 23.4. The fourth-order valence-electron chi connectivity index (χ4n) is 4.73. The number of nitrogens with one attached hydrogen (secondary N) is 1. The van der Waals surface area contributed by atoms with Crippen LogP contribution in [0.4, 0.5) is 24.5 Å². The van der Waals surface area contributed by atoms with Crippen molar-refractivity contribution in [2.24, 2.45) is 5.92 Å². The van der Waals surface area contributed by atoms with Crippen molar-refractivity contribution in [3.05, 3.63) is 83.6 Å². The van der Waals surface area contributed by atoms with Crippen molar-refractivity contribution in [2.45, 2.75) is 20.0 Å². The topological polar surface area (TPSA) is 102 Å². The van der Waals surface area contributed by atoms with Crippen molar-refractivity contribution < 1.29 is 28.2 Å². The largest absolute Gasteiger partial charge is 0.433 e. The summed E-state index contributed by atoms with van der Waals surface area (Å²) in [6.45, 7) is 12.3. The summed E-state index contributed by atoms with van der Waals surface area (Å²) in [7, 11) is 0. The molecule has 1 amide bonds. The third kappa shape index (κ3) is 6.90. The number of ether oxygens (including phenoxy) is 1. The third-order valence-electron chi connectivity index (χ3n) is 7.15. The van der Waals surface area contributed by atoms with Gasteiger partial charge in [-0.25, -0.2) is 4.98 Å². The van der Waals surface area contributed by atoms with E-state index in [4.69, 9.17) is 9.72 Å². The minimum atomic E-state index is -4.64. The van der Waals surface area contributed by atoms with E-state index in [-0.39, 0.29) is 17.0 Å². The standard InChI is InChI=1S/C31H30F3N5O2.H2O/c1-20(2)39-18-22(19-39)5-7-27-28(38-10-12-41-13-11-38)14-24(17-36-27)26-16-25(6-4-21(26)3)37-30(40)23-8-9-35-29(15-23)31(32,33)34;/h4,6,8-9,14-17,22H,1,10-13,18-19H2,2-3H3,(H,37,40);1H2. The van der Waals surface area contributed by atoms with Gasteiger partial charge in [-0.3, -0.25) is 9.78 Å². The molecule has 3 aromatic rings. The molecule has 0 spiro atoms. The number of alkyl halides is 3. The minimum Gasteiger partial charge on any atom is -0.412 e. The van der Waals surface area contributed by atoms with Crippen molar-refractivity contribution in [1.82, 2.24) is 14.9 Å². The summed E-state index contributed by atoms with van der Waals surface area (Å²) in [5, 5.41) is 2.71. The number of hydrogen-bond donors (Lipinski definition) is 1. The number of anilines is 2. The number of aryl methyl sites for hydroxylation is 1. The number of morpholine rings is 1. The van der Waals surface area contributed by atoms with Gasteiger partial charge in [0.2, 0.25) is 0 Å². The van der Waals surface area contributed by atoms with E-state index in [1.807, 2.05) is 19.9 Å². The summed E-state index contributed by atoms with van der Waals surface area (Å²) < 4.78 is 44.8. The lowest BCUT2D eigenvalue weighted by molar-refractivity contribution is -0.141. The highest BCUT2D eigenvalue weighted by atomic mass is 19.4. The molecule has 2 aliphatic heterocycles. The maximum Gasteiger partial charge on any atom is 0.433 e. The van der Waals surface area contributed by atoms with Gasteiger partial charge < -0.3 is 25.3 Å². The molecule has 0 unspecified atom stereocenters. The van der Waals surface area contributed by atoms with Crippen molar-refractivity contribution in [3.8, 4) is 23.0 Å². The smallest absolute Gasteiger partial charge is 0.412 e.